The second-order valence-corrected chi connectivity index (χ2v) is 10.1. The number of nitrogens with zero attached hydrogens (tertiary/aromatic N) is 2. The number of rotatable bonds is 11. The average Bonchev–Trinajstić information content (AvgIpc) is 2.84. The molecule has 0 unspecified atom stereocenters. The molecule has 0 amide bonds. The molecule has 0 aliphatic heterocycles. The summed E-state index contributed by atoms with van der Waals surface area (Å²) in [6, 6.07) is 19.1. The number of fused-ring (bicyclic) bond motifs is 2. The SMILES string of the molecule is Cl.NCCCCCCS(=O)(=O)Nc1ccc(Nc2c3ccccc3nc3cc([N+](=O)[O-])ccc23)cc1. The van der Waals surface area contributed by atoms with Gasteiger partial charge in [0, 0.05) is 34.3 Å². The van der Waals surface area contributed by atoms with E-state index in [0.717, 1.165) is 41.4 Å². The van der Waals surface area contributed by atoms with E-state index in [1.807, 2.05) is 24.3 Å². The van der Waals surface area contributed by atoms with Crippen LogP contribution in [0.2, 0.25) is 0 Å². The normalized spacial score (nSPS) is 11.2. The molecule has 0 bridgehead atoms. The highest BCUT2D eigenvalue weighted by molar-refractivity contribution is 7.92. The molecule has 4 N–H and O–H groups in total. The summed E-state index contributed by atoms with van der Waals surface area (Å²) in [7, 11) is -3.43. The fourth-order valence-corrected chi connectivity index (χ4v) is 5.10. The molecule has 0 saturated heterocycles. The van der Waals surface area contributed by atoms with Gasteiger partial charge in [0.15, 0.2) is 0 Å². The van der Waals surface area contributed by atoms with Crippen molar-refractivity contribution >= 4 is 67.0 Å². The number of nitro groups is 1. The van der Waals surface area contributed by atoms with E-state index in [1.165, 1.54) is 12.1 Å². The maximum absolute atomic E-state index is 12.4. The van der Waals surface area contributed by atoms with Crippen LogP contribution < -0.4 is 15.8 Å². The molecule has 4 aromatic rings. The Balaban J connectivity index is 0.00000361. The van der Waals surface area contributed by atoms with Crippen molar-refractivity contribution in [2.45, 2.75) is 25.7 Å². The van der Waals surface area contributed by atoms with Gasteiger partial charge in [0.2, 0.25) is 10.0 Å². The van der Waals surface area contributed by atoms with Crippen LogP contribution in [0.5, 0.6) is 0 Å². The number of pyridine rings is 1. The monoisotopic (exact) mass is 529 g/mol. The Morgan fingerprint density at radius 3 is 2.25 bits per heavy atom. The van der Waals surface area contributed by atoms with E-state index in [0.29, 0.717) is 29.7 Å². The zero-order valence-electron chi connectivity index (χ0n) is 19.5. The Morgan fingerprint density at radius 2 is 1.53 bits per heavy atom. The molecule has 1 heterocycles. The fourth-order valence-electron chi connectivity index (χ4n) is 3.92. The molecule has 0 spiro atoms. The van der Waals surface area contributed by atoms with Gasteiger partial charge in [0.25, 0.3) is 5.69 Å². The number of unbranched alkanes of at least 4 members (excludes halogenated alkanes) is 3. The van der Waals surface area contributed by atoms with Crippen LogP contribution in [0.25, 0.3) is 21.8 Å². The highest BCUT2D eigenvalue weighted by Crippen LogP contribution is 2.34. The first-order valence-corrected chi connectivity index (χ1v) is 13.1. The second kappa shape index (κ2) is 12.0. The van der Waals surface area contributed by atoms with Crippen LogP contribution in [0.1, 0.15) is 25.7 Å². The fraction of sp³-hybridized carbons (Fsp3) is 0.240. The van der Waals surface area contributed by atoms with Gasteiger partial charge < -0.3 is 11.1 Å². The van der Waals surface area contributed by atoms with Gasteiger partial charge in [0.1, 0.15) is 0 Å². The Hall–Kier alpha value is -3.47. The van der Waals surface area contributed by atoms with Gasteiger partial charge in [-0.25, -0.2) is 13.4 Å². The summed E-state index contributed by atoms with van der Waals surface area (Å²) in [6.45, 7) is 0.621. The number of halogens is 1. The third-order valence-corrected chi connectivity index (χ3v) is 7.04. The number of para-hydroxylation sites is 1. The first-order chi connectivity index (χ1) is 16.9. The lowest BCUT2D eigenvalue weighted by molar-refractivity contribution is -0.384. The molecule has 4 rings (SSSR count). The molecular weight excluding hydrogens is 502 g/mol. The number of nitro benzene ring substituents is 1. The number of benzene rings is 3. The quantitative estimate of drug-likeness (QED) is 0.0975. The molecule has 190 valence electrons. The summed E-state index contributed by atoms with van der Waals surface area (Å²) < 4.78 is 27.4. The van der Waals surface area contributed by atoms with Crippen molar-refractivity contribution in [2.75, 3.05) is 22.3 Å². The number of sulfonamides is 1. The summed E-state index contributed by atoms with van der Waals surface area (Å²) in [6.07, 6.45) is 3.26. The van der Waals surface area contributed by atoms with Gasteiger partial charge in [-0.3, -0.25) is 14.8 Å². The molecule has 0 fully saturated rings. The van der Waals surface area contributed by atoms with Crippen LogP contribution in [-0.4, -0.2) is 30.6 Å². The molecule has 36 heavy (non-hydrogen) atoms. The van der Waals surface area contributed by atoms with E-state index in [9.17, 15) is 18.5 Å². The van der Waals surface area contributed by atoms with E-state index < -0.39 is 14.9 Å². The second-order valence-electron chi connectivity index (χ2n) is 8.29. The molecule has 0 atom stereocenters. The topological polar surface area (TPSA) is 140 Å². The Bertz CT molecular complexity index is 1460. The van der Waals surface area contributed by atoms with Gasteiger partial charge >= 0.3 is 0 Å². The predicted molar refractivity (Wildman–Crippen MR) is 148 cm³/mol. The van der Waals surface area contributed by atoms with Crippen LogP contribution in [0.3, 0.4) is 0 Å². The van der Waals surface area contributed by atoms with Gasteiger partial charge in [-0.15, -0.1) is 12.4 Å². The first-order valence-electron chi connectivity index (χ1n) is 11.4. The summed E-state index contributed by atoms with van der Waals surface area (Å²) in [5.41, 5.74) is 8.65. The van der Waals surface area contributed by atoms with Crippen LogP contribution in [0.4, 0.5) is 22.7 Å². The van der Waals surface area contributed by atoms with Crippen molar-refractivity contribution in [3.63, 3.8) is 0 Å². The van der Waals surface area contributed by atoms with Crippen molar-refractivity contribution in [1.29, 1.82) is 0 Å². The Kier molecular flexibility index (Phi) is 9.03. The van der Waals surface area contributed by atoms with Crippen LogP contribution in [0.15, 0.2) is 66.7 Å². The van der Waals surface area contributed by atoms with Crippen molar-refractivity contribution in [1.82, 2.24) is 4.98 Å². The van der Waals surface area contributed by atoms with Crippen molar-refractivity contribution < 1.29 is 13.3 Å². The number of non-ortho nitro benzene ring substituents is 1. The molecule has 0 saturated carbocycles. The number of nitrogens with one attached hydrogen (secondary N) is 2. The maximum Gasteiger partial charge on any atom is 0.271 e. The average molecular weight is 530 g/mol. The van der Waals surface area contributed by atoms with E-state index in [1.54, 1.807) is 30.3 Å². The maximum atomic E-state index is 12.4. The molecule has 0 aliphatic carbocycles. The van der Waals surface area contributed by atoms with Gasteiger partial charge in [-0.1, -0.05) is 31.0 Å². The van der Waals surface area contributed by atoms with Gasteiger partial charge in [-0.05, 0) is 55.8 Å². The molecule has 3 aromatic carbocycles. The lowest BCUT2D eigenvalue weighted by Crippen LogP contribution is -2.16. The zero-order valence-corrected chi connectivity index (χ0v) is 21.1. The molecule has 9 nitrogen and oxygen atoms in total. The Morgan fingerprint density at radius 1 is 0.861 bits per heavy atom. The third-order valence-electron chi connectivity index (χ3n) is 5.67. The highest BCUT2D eigenvalue weighted by Gasteiger charge is 2.14. The van der Waals surface area contributed by atoms with Crippen molar-refractivity contribution in [2.24, 2.45) is 5.73 Å². The first kappa shape index (κ1) is 27.1. The van der Waals surface area contributed by atoms with Gasteiger partial charge in [0.05, 0.1) is 27.4 Å². The number of nitrogens with two attached hydrogens (primary N) is 1. The largest absolute Gasteiger partial charge is 0.354 e. The zero-order chi connectivity index (χ0) is 24.8. The third kappa shape index (κ3) is 6.60. The molecular formula is C25H28ClN5O4S. The molecule has 1 aromatic heterocycles. The van der Waals surface area contributed by atoms with Crippen LogP contribution in [0, 0.1) is 10.1 Å². The van der Waals surface area contributed by atoms with Gasteiger partial charge in [-0.2, -0.15) is 0 Å². The molecule has 0 radical (unpaired) electrons. The Labute approximate surface area is 215 Å². The molecule has 11 heteroatoms. The highest BCUT2D eigenvalue weighted by atomic mass is 35.5. The summed E-state index contributed by atoms with van der Waals surface area (Å²) >= 11 is 0. The summed E-state index contributed by atoms with van der Waals surface area (Å²) in [4.78, 5) is 15.4. The molecule has 0 aliphatic rings. The number of anilines is 3. The predicted octanol–water partition coefficient (Wildman–Crippen LogP) is 5.72. The minimum Gasteiger partial charge on any atom is -0.354 e. The van der Waals surface area contributed by atoms with E-state index in [2.05, 4.69) is 15.0 Å². The summed E-state index contributed by atoms with van der Waals surface area (Å²) in [5, 5.41) is 16.2. The standard InChI is InChI=1S/C25H27N5O4S.ClH/c26-15-5-1-2-6-16-35(33,34)29-19-11-9-18(10-12-19)27-25-21-7-3-4-8-23(21)28-24-17-20(30(31)32)13-14-22(24)25;/h3-4,7-14,17,29H,1-2,5-6,15-16,26H2,(H,27,28);1H. The van der Waals surface area contributed by atoms with Crippen molar-refractivity contribution in [3.8, 4) is 0 Å². The smallest absolute Gasteiger partial charge is 0.271 e. The minimum atomic E-state index is -3.43. The van der Waals surface area contributed by atoms with E-state index in [4.69, 9.17) is 5.73 Å². The lowest BCUT2D eigenvalue weighted by atomic mass is 10.1. The number of hydrogen-bond donors (Lipinski definition) is 3. The van der Waals surface area contributed by atoms with E-state index >= 15 is 0 Å². The minimum absolute atomic E-state index is 0. The number of hydrogen-bond acceptors (Lipinski definition) is 7. The summed E-state index contributed by atoms with van der Waals surface area (Å²) in [5.74, 6) is 0.0682. The van der Waals surface area contributed by atoms with E-state index in [-0.39, 0.29) is 23.8 Å². The van der Waals surface area contributed by atoms with Crippen molar-refractivity contribution in [3.05, 3.63) is 76.8 Å². The van der Waals surface area contributed by atoms with Crippen LogP contribution in [-0.2, 0) is 10.0 Å². The number of aromatic nitrogens is 1. The van der Waals surface area contributed by atoms with Crippen LogP contribution >= 0.6 is 12.4 Å². The lowest BCUT2D eigenvalue weighted by Gasteiger charge is -2.14.